The molecular weight excluding hydrogens is 226 g/mol. The molecule has 88 valence electrons. The summed E-state index contributed by atoms with van der Waals surface area (Å²) in [7, 11) is 0. The molecule has 1 aromatic heterocycles. The average Bonchev–Trinajstić information content (AvgIpc) is 2.76. The van der Waals surface area contributed by atoms with Gasteiger partial charge in [-0.15, -0.1) is 0 Å². The van der Waals surface area contributed by atoms with E-state index in [9.17, 15) is 4.79 Å². The molecule has 0 radical (unpaired) electrons. The lowest BCUT2D eigenvalue weighted by atomic mass is 9.93. The van der Waals surface area contributed by atoms with Gasteiger partial charge in [0, 0.05) is 11.5 Å². The van der Waals surface area contributed by atoms with Gasteiger partial charge in [0.1, 0.15) is 5.82 Å². The number of aliphatic carboxylic acids is 1. The van der Waals surface area contributed by atoms with Crippen LogP contribution in [0.1, 0.15) is 37.9 Å². The summed E-state index contributed by atoms with van der Waals surface area (Å²) >= 11 is 1.30. The average molecular weight is 241 g/mol. The second kappa shape index (κ2) is 4.37. The number of carbonyl (C=O) groups is 1. The maximum Gasteiger partial charge on any atom is 0.305 e. The Hall–Kier alpha value is -1.17. The number of nitrogens with zero attached hydrogens (tertiary/aromatic N) is 2. The Morgan fingerprint density at radius 2 is 2.25 bits per heavy atom. The minimum atomic E-state index is -0.754. The third-order valence-electron chi connectivity index (χ3n) is 2.95. The quantitative estimate of drug-likeness (QED) is 0.843. The summed E-state index contributed by atoms with van der Waals surface area (Å²) in [5, 5.41) is 13.0. The third kappa shape index (κ3) is 2.49. The van der Waals surface area contributed by atoms with Crippen molar-refractivity contribution >= 4 is 22.6 Å². The van der Waals surface area contributed by atoms with Crippen molar-refractivity contribution in [3.63, 3.8) is 0 Å². The van der Waals surface area contributed by atoms with E-state index in [0.29, 0.717) is 0 Å². The van der Waals surface area contributed by atoms with E-state index in [1.807, 2.05) is 6.92 Å². The van der Waals surface area contributed by atoms with Crippen LogP contribution >= 0.6 is 11.5 Å². The van der Waals surface area contributed by atoms with Gasteiger partial charge in [-0.2, -0.15) is 4.37 Å². The fourth-order valence-corrected chi connectivity index (χ4v) is 2.96. The number of hydrogen-bond acceptors (Lipinski definition) is 5. The molecule has 6 heteroatoms. The van der Waals surface area contributed by atoms with E-state index < -0.39 is 5.97 Å². The second-order valence-corrected chi connectivity index (χ2v) is 5.08. The van der Waals surface area contributed by atoms with Gasteiger partial charge in [0.25, 0.3) is 0 Å². The number of nitrogens with one attached hydrogen (secondary N) is 1. The van der Waals surface area contributed by atoms with Crippen LogP contribution in [0.25, 0.3) is 0 Å². The summed E-state index contributed by atoms with van der Waals surface area (Å²) in [6.07, 6.45) is 4.12. The molecule has 0 spiro atoms. The van der Waals surface area contributed by atoms with E-state index in [1.54, 1.807) is 0 Å². The Balaban J connectivity index is 2.10. The third-order valence-corrected chi connectivity index (χ3v) is 3.67. The number of hydrogen-bond donors (Lipinski definition) is 2. The first-order valence-electron chi connectivity index (χ1n) is 5.40. The summed E-state index contributed by atoms with van der Waals surface area (Å²) in [5.41, 5.74) is -0.308. The monoisotopic (exact) mass is 241 g/mol. The van der Waals surface area contributed by atoms with Crippen molar-refractivity contribution in [2.24, 2.45) is 0 Å². The lowest BCUT2D eigenvalue weighted by Crippen LogP contribution is -2.37. The number of anilines is 1. The maximum absolute atomic E-state index is 10.9. The minimum Gasteiger partial charge on any atom is -0.481 e. The van der Waals surface area contributed by atoms with Gasteiger partial charge < -0.3 is 10.4 Å². The Kier molecular flexibility index (Phi) is 3.09. The van der Waals surface area contributed by atoms with Gasteiger partial charge in [-0.1, -0.05) is 12.8 Å². The van der Waals surface area contributed by atoms with Crippen LogP contribution in [-0.4, -0.2) is 26.0 Å². The SMILES string of the molecule is Cc1nsc(NC2(CC(=O)O)CCCC2)n1. The molecule has 1 aromatic rings. The van der Waals surface area contributed by atoms with Crippen molar-refractivity contribution in [3.05, 3.63) is 5.82 Å². The zero-order valence-electron chi connectivity index (χ0n) is 9.19. The molecule has 0 saturated heterocycles. The topological polar surface area (TPSA) is 75.1 Å². The Morgan fingerprint density at radius 3 is 2.75 bits per heavy atom. The molecule has 0 atom stereocenters. The molecule has 1 aliphatic rings. The minimum absolute atomic E-state index is 0.158. The van der Waals surface area contributed by atoms with Gasteiger partial charge in [-0.3, -0.25) is 4.79 Å². The van der Waals surface area contributed by atoms with Gasteiger partial charge in [-0.05, 0) is 19.8 Å². The fraction of sp³-hybridized carbons (Fsp3) is 0.700. The molecule has 0 aliphatic heterocycles. The Labute approximate surface area is 98.1 Å². The van der Waals surface area contributed by atoms with Crippen LogP contribution in [0.15, 0.2) is 0 Å². The van der Waals surface area contributed by atoms with Crippen molar-refractivity contribution in [3.8, 4) is 0 Å². The van der Waals surface area contributed by atoms with Crippen LogP contribution in [0.3, 0.4) is 0 Å². The van der Waals surface area contributed by atoms with Gasteiger partial charge in [0.15, 0.2) is 0 Å². The van der Waals surface area contributed by atoms with Crippen molar-refractivity contribution in [2.75, 3.05) is 5.32 Å². The van der Waals surface area contributed by atoms with Crippen LogP contribution in [0.4, 0.5) is 5.13 Å². The molecule has 2 N–H and O–H groups in total. The molecule has 0 unspecified atom stereocenters. The highest BCUT2D eigenvalue weighted by molar-refractivity contribution is 7.09. The van der Waals surface area contributed by atoms with Crippen LogP contribution in [0.2, 0.25) is 0 Å². The van der Waals surface area contributed by atoms with Crippen LogP contribution < -0.4 is 5.32 Å². The van der Waals surface area contributed by atoms with Crippen molar-refractivity contribution < 1.29 is 9.90 Å². The van der Waals surface area contributed by atoms with E-state index in [0.717, 1.165) is 36.6 Å². The predicted molar refractivity (Wildman–Crippen MR) is 61.7 cm³/mol. The normalized spacial score (nSPS) is 18.6. The van der Waals surface area contributed by atoms with E-state index in [-0.39, 0.29) is 12.0 Å². The maximum atomic E-state index is 10.9. The molecule has 0 amide bonds. The fourth-order valence-electron chi connectivity index (χ4n) is 2.26. The zero-order valence-corrected chi connectivity index (χ0v) is 10.0. The van der Waals surface area contributed by atoms with Gasteiger partial charge in [-0.25, -0.2) is 4.98 Å². The first-order valence-corrected chi connectivity index (χ1v) is 6.17. The highest BCUT2D eigenvalue weighted by Crippen LogP contribution is 2.36. The van der Waals surface area contributed by atoms with Crippen molar-refractivity contribution in [1.29, 1.82) is 0 Å². The molecule has 0 bridgehead atoms. The highest BCUT2D eigenvalue weighted by atomic mass is 32.1. The summed E-state index contributed by atoms with van der Waals surface area (Å²) in [5.74, 6) is -0.0217. The van der Waals surface area contributed by atoms with Gasteiger partial charge >= 0.3 is 5.97 Å². The molecule has 0 aromatic carbocycles. The first kappa shape index (κ1) is 11.3. The lowest BCUT2D eigenvalue weighted by Gasteiger charge is -2.28. The van der Waals surface area contributed by atoms with Crippen LogP contribution in [0.5, 0.6) is 0 Å². The largest absolute Gasteiger partial charge is 0.481 e. The zero-order chi connectivity index (χ0) is 11.6. The Bertz CT molecular complexity index is 385. The molecule has 5 nitrogen and oxygen atoms in total. The van der Waals surface area contributed by atoms with E-state index in [1.165, 1.54) is 11.5 Å². The van der Waals surface area contributed by atoms with Crippen LogP contribution in [-0.2, 0) is 4.79 Å². The summed E-state index contributed by atoms with van der Waals surface area (Å²) in [4.78, 5) is 15.1. The number of aromatic nitrogens is 2. The molecule has 16 heavy (non-hydrogen) atoms. The number of aryl methyl sites for hydroxylation is 1. The first-order chi connectivity index (χ1) is 7.60. The van der Waals surface area contributed by atoms with Crippen LogP contribution in [0, 0.1) is 6.92 Å². The summed E-state index contributed by atoms with van der Waals surface area (Å²) < 4.78 is 4.09. The standard InChI is InChI=1S/C10H15N3O2S/c1-7-11-9(16-13-7)12-10(6-8(14)15)4-2-3-5-10/h2-6H2,1H3,(H,14,15)(H,11,12,13). The smallest absolute Gasteiger partial charge is 0.305 e. The van der Waals surface area contributed by atoms with Gasteiger partial charge in [0.2, 0.25) is 5.13 Å². The molecular formula is C10H15N3O2S. The van der Waals surface area contributed by atoms with Crippen molar-refractivity contribution in [1.82, 2.24) is 9.36 Å². The Morgan fingerprint density at radius 1 is 1.56 bits per heavy atom. The number of rotatable bonds is 4. The van der Waals surface area contributed by atoms with E-state index in [4.69, 9.17) is 5.11 Å². The lowest BCUT2D eigenvalue weighted by molar-refractivity contribution is -0.138. The molecule has 1 saturated carbocycles. The van der Waals surface area contributed by atoms with Crippen molar-refractivity contribution in [2.45, 2.75) is 44.6 Å². The highest BCUT2D eigenvalue weighted by Gasteiger charge is 2.36. The molecule has 2 rings (SSSR count). The predicted octanol–water partition coefficient (Wildman–Crippen LogP) is 2.05. The molecule has 1 heterocycles. The number of carboxylic acid groups (broad SMARTS) is 1. The number of carboxylic acids is 1. The summed E-state index contributed by atoms with van der Waals surface area (Å²) in [6.45, 7) is 1.83. The second-order valence-electron chi connectivity index (χ2n) is 4.33. The molecule has 1 fully saturated rings. The van der Waals surface area contributed by atoms with E-state index >= 15 is 0 Å². The van der Waals surface area contributed by atoms with Gasteiger partial charge in [0.05, 0.1) is 12.0 Å². The van der Waals surface area contributed by atoms with E-state index in [2.05, 4.69) is 14.7 Å². The molecule has 1 aliphatic carbocycles. The summed E-state index contributed by atoms with van der Waals surface area (Å²) in [6, 6.07) is 0.